The Bertz CT molecular complexity index is 545. The maximum Gasteiger partial charge on any atom is 0.184 e. The van der Waals surface area contributed by atoms with Gasteiger partial charge in [-0.05, 0) is 25.0 Å². The number of anilines is 1. The molecule has 88 valence electrons. The fourth-order valence-corrected chi connectivity index (χ4v) is 1.83. The fraction of sp³-hybridized carbons (Fsp3) is 0.333. The number of H-pyrrole nitrogens is 1. The normalized spacial score (nSPS) is 14.9. The second kappa shape index (κ2) is 3.76. The van der Waals surface area contributed by atoms with E-state index in [9.17, 15) is 0 Å². The SMILES string of the molecule is COc1cc(N)ccc1-c1n[nH]c(C2CC2)n1. The highest BCUT2D eigenvalue weighted by molar-refractivity contribution is 5.67. The van der Waals surface area contributed by atoms with E-state index < -0.39 is 0 Å². The molecule has 1 heterocycles. The van der Waals surface area contributed by atoms with Crippen LogP contribution in [0, 0.1) is 0 Å². The molecular formula is C12H14N4O. The number of methoxy groups -OCH3 is 1. The van der Waals surface area contributed by atoms with Crippen molar-refractivity contribution in [3.63, 3.8) is 0 Å². The molecule has 1 aliphatic rings. The summed E-state index contributed by atoms with van der Waals surface area (Å²) in [6.45, 7) is 0. The Hall–Kier alpha value is -2.04. The average Bonchev–Trinajstić information content (AvgIpc) is 3.08. The van der Waals surface area contributed by atoms with E-state index >= 15 is 0 Å². The monoisotopic (exact) mass is 230 g/mol. The minimum Gasteiger partial charge on any atom is -0.496 e. The van der Waals surface area contributed by atoms with E-state index in [0.717, 1.165) is 11.4 Å². The first-order valence-electron chi connectivity index (χ1n) is 5.64. The van der Waals surface area contributed by atoms with E-state index in [2.05, 4.69) is 15.2 Å². The molecule has 0 aliphatic heterocycles. The van der Waals surface area contributed by atoms with Crippen molar-refractivity contribution in [1.29, 1.82) is 0 Å². The van der Waals surface area contributed by atoms with Crippen molar-refractivity contribution in [1.82, 2.24) is 15.2 Å². The Balaban J connectivity index is 2.01. The second-order valence-electron chi connectivity index (χ2n) is 4.28. The second-order valence-corrected chi connectivity index (χ2v) is 4.28. The van der Waals surface area contributed by atoms with Crippen LogP contribution in [0.15, 0.2) is 18.2 Å². The Morgan fingerprint density at radius 2 is 2.24 bits per heavy atom. The number of hydrogen-bond donors (Lipinski definition) is 2. The van der Waals surface area contributed by atoms with Gasteiger partial charge in [-0.2, -0.15) is 5.10 Å². The summed E-state index contributed by atoms with van der Waals surface area (Å²) in [6, 6.07) is 5.49. The largest absolute Gasteiger partial charge is 0.496 e. The molecule has 1 aromatic carbocycles. The van der Waals surface area contributed by atoms with Crippen LogP contribution in [0.5, 0.6) is 5.75 Å². The summed E-state index contributed by atoms with van der Waals surface area (Å²) in [7, 11) is 1.62. The van der Waals surface area contributed by atoms with Crippen molar-refractivity contribution in [2.45, 2.75) is 18.8 Å². The van der Waals surface area contributed by atoms with Crippen LogP contribution in [0.2, 0.25) is 0 Å². The summed E-state index contributed by atoms with van der Waals surface area (Å²) >= 11 is 0. The average molecular weight is 230 g/mol. The molecule has 2 aromatic rings. The van der Waals surface area contributed by atoms with Gasteiger partial charge in [-0.3, -0.25) is 5.10 Å². The van der Waals surface area contributed by atoms with E-state index in [-0.39, 0.29) is 0 Å². The minimum atomic E-state index is 0.566. The van der Waals surface area contributed by atoms with Crippen molar-refractivity contribution in [3.05, 3.63) is 24.0 Å². The summed E-state index contributed by atoms with van der Waals surface area (Å²) in [4.78, 5) is 4.49. The first kappa shape index (κ1) is 10.1. The topological polar surface area (TPSA) is 76.8 Å². The molecule has 0 radical (unpaired) electrons. The van der Waals surface area contributed by atoms with Gasteiger partial charge in [0.2, 0.25) is 0 Å². The zero-order chi connectivity index (χ0) is 11.8. The number of aromatic nitrogens is 3. The summed E-state index contributed by atoms with van der Waals surface area (Å²) < 4.78 is 5.29. The third-order valence-corrected chi connectivity index (χ3v) is 2.93. The molecule has 5 heteroatoms. The molecule has 1 aliphatic carbocycles. The van der Waals surface area contributed by atoms with Crippen molar-refractivity contribution in [2.24, 2.45) is 0 Å². The Labute approximate surface area is 99.0 Å². The summed E-state index contributed by atoms with van der Waals surface area (Å²) in [5, 5.41) is 7.21. The van der Waals surface area contributed by atoms with Crippen molar-refractivity contribution in [2.75, 3.05) is 12.8 Å². The molecule has 0 spiro atoms. The number of nitrogens with zero attached hydrogens (tertiary/aromatic N) is 2. The van der Waals surface area contributed by atoms with Gasteiger partial charge in [0.25, 0.3) is 0 Å². The van der Waals surface area contributed by atoms with Crippen LogP contribution in [0.4, 0.5) is 5.69 Å². The van der Waals surface area contributed by atoms with Crippen LogP contribution >= 0.6 is 0 Å². The van der Waals surface area contributed by atoms with Gasteiger partial charge in [0, 0.05) is 17.7 Å². The molecule has 3 N–H and O–H groups in total. The van der Waals surface area contributed by atoms with E-state index in [1.165, 1.54) is 12.8 Å². The molecule has 0 amide bonds. The number of nitrogen functional groups attached to an aromatic ring is 1. The van der Waals surface area contributed by atoms with Gasteiger partial charge in [0.05, 0.1) is 12.7 Å². The molecule has 17 heavy (non-hydrogen) atoms. The lowest BCUT2D eigenvalue weighted by molar-refractivity contribution is 0.416. The molecule has 1 saturated carbocycles. The lowest BCUT2D eigenvalue weighted by Gasteiger charge is -2.05. The Morgan fingerprint density at radius 3 is 2.94 bits per heavy atom. The standard InChI is InChI=1S/C12H14N4O/c1-17-10-6-8(13)4-5-9(10)12-14-11(15-16-12)7-2-3-7/h4-7H,2-3,13H2,1H3,(H,14,15,16). The molecule has 3 rings (SSSR count). The summed E-state index contributed by atoms with van der Waals surface area (Å²) in [6.07, 6.45) is 2.40. The molecule has 5 nitrogen and oxygen atoms in total. The molecular weight excluding hydrogens is 216 g/mol. The van der Waals surface area contributed by atoms with Gasteiger partial charge in [0.1, 0.15) is 11.6 Å². The molecule has 1 aromatic heterocycles. The van der Waals surface area contributed by atoms with E-state index in [1.54, 1.807) is 13.2 Å². The predicted molar refractivity (Wildman–Crippen MR) is 64.8 cm³/mol. The van der Waals surface area contributed by atoms with Gasteiger partial charge in [-0.1, -0.05) is 0 Å². The first-order valence-corrected chi connectivity index (χ1v) is 5.64. The van der Waals surface area contributed by atoms with E-state index in [4.69, 9.17) is 10.5 Å². The fourth-order valence-electron chi connectivity index (χ4n) is 1.83. The quantitative estimate of drug-likeness (QED) is 0.790. The lowest BCUT2D eigenvalue weighted by Crippen LogP contribution is -1.92. The van der Waals surface area contributed by atoms with Gasteiger partial charge >= 0.3 is 0 Å². The zero-order valence-electron chi connectivity index (χ0n) is 9.60. The highest BCUT2D eigenvalue weighted by Gasteiger charge is 2.27. The number of ether oxygens (including phenoxy) is 1. The number of hydrogen-bond acceptors (Lipinski definition) is 4. The molecule has 0 atom stereocenters. The zero-order valence-corrected chi connectivity index (χ0v) is 9.60. The minimum absolute atomic E-state index is 0.566. The lowest BCUT2D eigenvalue weighted by atomic mass is 10.1. The van der Waals surface area contributed by atoms with Crippen molar-refractivity contribution >= 4 is 5.69 Å². The van der Waals surface area contributed by atoms with Crippen LogP contribution in [-0.4, -0.2) is 22.3 Å². The third kappa shape index (κ3) is 1.84. The number of nitrogens with two attached hydrogens (primary N) is 1. The smallest absolute Gasteiger partial charge is 0.184 e. The first-order chi connectivity index (χ1) is 8.28. The van der Waals surface area contributed by atoms with Gasteiger partial charge in [0.15, 0.2) is 5.82 Å². The van der Waals surface area contributed by atoms with Gasteiger partial charge in [-0.15, -0.1) is 0 Å². The maximum atomic E-state index is 5.72. The number of rotatable bonds is 3. The number of aromatic amines is 1. The summed E-state index contributed by atoms with van der Waals surface area (Å²) in [5.74, 6) is 2.91. The van der Waals surface area contributed by atoms with Crippen LogP contribution < -0.4 is 10.5 Å². The van der Waals surface area contributed by atoms with E-state index in [1.807, 2.05) is 12.1 Å². The Kier molecular flexibility index (Phi) is 2.24. The molecule has 0 saturated heterocycles. The number of benzene rings is 1. The Morgan fingerprint density at radius 1 is 1.41 bits per heavy atom. The van der Waals surface area contributed by atoms with Crippen LogP contribution in [0.25, 0.3) is 11.4 Å². The highest BCUT2D eigenvalue weighted by Crippen LogP contribution is 2.39. The summed E-state index contributed by atoms with van der Waals surface area (Å²) in [5.41, 5.74) is 7.25. The predicted octanol–water partition coefficient (Wildman–Crippen LogP) is 1.94. The van der Waals surface area contributed by atoms with Crippen molar-refractivity contribution in [3.8, 4) is 17.1 Å². The maximum absolute atomic E-state index is 5.72. The van der Waals surface area contributed by atoms with E-state index in [0.29, 0.717) is 23.2 Å². The molecule has 0 bridgehead atoms. The van der Waals surface area contributed by atoms with Crippen LogP contribution in [0.1, 0.15) is 24.6 Å². The van der Waals surface area contributed by atoms with Crippen LogP contribution in [0.3, 0.4) is 0 Å². The van der Waals surface area contributed by atoms with Gasteiger partial charge in [-0.25, -0.2) is 4.98 Å². The van der Waals surface area contributed by atoms with Crippen molar-refractivity contribution < 1.29 is 4.74 Å². The molecule has 0 unspecified atom stereocenters. The third-order valence-electron chi connectivity index (χ3n) is 2.93. The number of nitrogens with one attached hydrogen (secondary N) is 1. The highest BCUT2D eigenvalue weighted by atomic mass is 16.5. The van der Waals surface area contributed by atoms with Crippen LogP contribution in [-0.2, 0) is 0 Å². The molecule has 1 fully saturated rings. The van der Waals surface area contributed by atoms with Gasteiger partial charge < -0.3 is 10.5 Å².